The van der Waals surface area contributed by atoms with E-state index in [-0.39, 0.29) is 12.4 Å². The molecule has 0 radical (unpaired) electrons. The van der Waals surface area contributed by atoms with Gasteiger partial charge in [0.1, 0.15) is 12.2 Å². The van der Waals surface area contributed by atoms with Gasteiger partial charge in [0.15, 0.2) is 0 Å². The minimum absolute atomic E-state index is 0. The second-order valence-electron chi connectivity index (χ2n) is 2.98. The first-order valence-corrected chi connectivity index (χ1v) is 5.91. The van der Waals surface area contributed by atoms with Gasteiger partial charge in [0.05, 0.1) is 6.20 Å². The van der Waals surface area contributed by atoms with Crippen molar-refractivity contribution in [2.45, 2.75) is 6.92 Å². The molecule has 0 aliphatic rings. The molecule has 0 atom stereocenters. The molecule has 0 saturated carbocycles. The van der Waals surface area contributed by atoms with Crippen LogP contribution in [0, 0.1) is 6.92 Å². The molecule has 0 amide bonds. The molecule has 110 valence electrons. The maximum Gasteiger partial charge on any atom is 0.394 e. The standard InChI is InChI=1S/C5H8N2.C3H4N2O.ClH.H2O4S/c1-5-6-3-4-7(5)2;6-5-2-1-4-3-5;;1-5(2,3)4/h3-4H,1-2H3;1-3,6H;1H;(H2,1,2,3,4). The van der Waals surface area contributed by atoms with Gasteiger partial charge in [-0.25, -0.2) is 9.97 Å². The lowest BCUT2D eigenvalue weighted by Gasteiger charge is -1.87. The van der Waals surface area contributed by atoms with Crippen molar-refractivity contribution in [2.24, 2.45) is 7.05 Å². The Labute approximate surface area is 116 Å². The summed E-state index contributed by atoms with van der Waals surface area (Å²) in [7, 11) is -2.69. The summed E-state index contributed by atoms with van der Waals surface area (Å²) in [5.74, 6) is 1.06. The van der Waals surface area contributed by atoms with Crippen molar-refractivity contribution in [3.05, 3.63) is 36.9 Å². The lowest BCUT2D eigenvalue weighted by Crippen LogP contribution is -1.89. The predicted octanol–water partition coefficient (Wildman–Crippen LogP) is 0.618. The van der Waals surface area contributed by atoms with Crippen LogP contribution in [0.3, 0.4) is 0 Å². The summed E-state index contributed by atoms with van der Waals surface area (Å²) >= 11 is 0. The molecule has 19 heavy (non-hydrogen) atoms. The zero-order chi connectivity index (χ0) is 14.2. The predicted molar refractivity (Wildman–Crippen MR) is 68.8 cm³/mol. The van der Waals surface area contributed by atoms with Gasteiger partial charge in [-0.05, 0) is 6.92 Å². The molecule has 0 aromatic carbocycles. The smallest absolute Gasteiger partial charge is 0.394 e. The number of aryl methyl sites for hydroxylation is 2. The third-order valence-electron chi connectivity index (χ3n) is 1.55. The lowest BCUT2D eigenvalue weighted by molar-refractivity contribution is 0.186. The molecule has 3 N–H and O–H groups in total. The molecule has 0 unspecified atom stereocenters. The molecule has 0 saturated heterocycles. The van der Waals surface area contributed by atoms with E-state index in [0.717, 1.165) is 10.6 Å². The highest BCUT2D eigenvalue weighted by atomic mass is 35.5. The molecule has 9 nitrogen and oxygen atoms in total. The monoisotopic (exact) mass is 314 g/mol. The first kappa shape index (κ1) is 19.7. The van der Waals surface area contributed by atoms with Crippen LogP contribution >= 0.6 is 12.4 Å². The Hall–Kier alpha value is -1.62. The van der Waals surface area contributed by atoms with Gasteiger partial charge in [0.25, 0.3) is 0 Å². The summed E-state index contributed by atoms with van der Waals surface area (Å²) in [6.07, 6.45) is 7.96. The van der Waals surface area contributed by atoms with Gasteiger partial charge in [0, 0.05) is 25.6 Å². The van der Waals surface area contributed by atoms with Crippen molar-refractivity contribution in [1.82, 2.24) is 19.3 Å². The van der Waals surface area contributed by atoms with E-state index in [9.17, 15) is 0 Å². The molecule has 0 fully saturated rings. The average Bonchev–Trinajstić information content (AvgIpc) is 2.78. The van der Waals surface area contributed by atoms with E-state index in [1.807, 2.05) is 24.7 Å². The highest BCUT2D eigenvalue weighted by Gasteiger charge is 1.85. The van der Waals surface area contributed by atoms with Gasteiger partial charge < -0.3 is 9.77 Å². The van der Waals surface area contributed by atoms with Crippen molar-refractivity contribution in [1.29, 1.82) is 0 Å². The maximum absolute atomic E-state index is 8.74. The van der Waals surface area contributed by atoms with Gasteiger partial charge in [-0.2, -0.15) is 13.1 Å². The normalized spacial score (nSPS) is 9.26. The van der Waals surface area contributed by atoms with Crippen LogP contribution in [0.15, 0.2) is 31.1 Å². The highest BCUT2D eigenvalue weighted by Crippen LogP contribution is 1.87. The van der Waals surface area contributed by atoms with Crippen LogP contribution in [-0.2, 0) is 17.4 Å². The first-order chi connectivity index (χ1) is 8.20. The third kappa shape index (κ3) is 14.3. The Morgan fingerprint density at radius 3 is 1.84 bits per heavy atom. The maximum atomic E-state index is 8.74. The minimum Gasteiger partial charge on any atom is -0.427 e. The number of hydrogen-bond donors (Lipinski definition) is 3. The summed E-state index contributed by atoms with van der Waals surface area (Å²) < 4.78 is 34.4. The zero-order valence-electron chi connectivity index (χ0n) is 10.2. The number of hydrogen-bond acceptors (Lipinski definition) is 5. The minimum atomic E-state index is -4.67. The van der Waals surface area contributed by atoms with Crippen molar-refractivity contribution in [3.63, 3.8) is 0 Å². The van der Waals surface area contributed by atoms with Crippen molar-refractivity contribution in [2.75, 3.05) is 0 Å². The van der Waals surface area contributed by atoms with E-state index in [2.05, 4.69) is 9.97 Å². The number of nitrogens with zero attached hydrogens (tertiary/aromatic N) is 4. The molecule has 2 rings (SSSR count). The van der Waals surface area contributed by atoms with Crippen LogP contribution in [0.2, 0.25) is 0 Å². The van der Waals surface area contributed by atoms with Crippen LogP contribution in [0.25, 0.3) is 0 Å². The molecule has 2 aromatic heterocycles. The fraction of sp³-hybridized carbons (Fsp3) is 0.250. The topological polar surface area (TPSA) is 130 Å². The molecule has 0 spiro atoms. The first-order valence-electron chi connectivity index (χ1n) is 4.51. The second-order valence-corrected chi connectivity index (χ2v) is 3.87. The Kier molecular flexibility index (Phi) is 9.68. The van der Waals surface area contributed by atoms with E-state index in [1.165, 1.54) is 18.7 Å². The summed E-state index contributed by atoms with van der Waals surface area (Å²) in [6.45, 7) is 1.97. The van der Waals surface area contributed by atoms with E-state index in [4.69, 9.17) is 22.7 Å². The largest absolute Gasteiger partial charge is 0.427 e. The zero-order valence-corrected chi connectivity index (χ0v) is 11.8. The second kappa shape index (κ2) is 9.33. The van der Waals surface area contributed by atoms with Gasteiger partial charge in [0.2, 0.25) is 0 Å². The summed E-state index contributed by atoms with van der Waals surface area (Å²) in [4.78, 5) is 7.51. The lowest BCUT2D eigenvalue weighted by atomic mass is 10.7. The number of rotatable bonds is 0. The number of aromatic nitrogens is 4. The van der Waals surface area contributed by atoms with Gasteiger partial charge in [-0.1, -0.05) is 0 Å². The number of imidazole rings is 2. The summed E-state index contributed by atoms with van der Waals surface area (Å²) in [6, 6.07) is 0. The Morgan fingerprint density at radius 1 is 1.21 bits per heavy atom. The molecule has 0 aliphatic heterocycles. The van der Waals surface area contributed by atoms with E-state index >= 15 is 0 Å². The quantitative estimate of drug-likeness (QED) is 0.480. The molecule has 0 aliphatic carbocycles. The highest BCUT2D eigenvalue weighted by molar-refractivity contribution is 7.79. The van der Waals surface area contributed by atoms with Crippen molar-refractivity contribution in [3.8, 4) is 0 Å². The summed E-state index contributed by atoms with van der Waals surface area (Å²) in [5.41, 5.74) is 0. The summed E-state index contributed by atoms with van der Waals surface area (Å²) in [5, 5.41) is 8.33. The fourth-order valence-electron chi connectivity index (χ4n) is 0.692. The van der Waals surface area contributed by atoms with Crippen LogP contribution in [0.1, 0.15) is 5.82 Å². The van der Waals surface area contributed by atoms with Gasteiger partial charge in [-0.15, -0.1) is 12.4 Å². The average molecular weight is 315 g/mol. The van der Waals surface area contributed by atoms with Crippen LogP contribution in [-0.4, -0.2) is 42.0 Å². The molecule has 2 heterocycles. The molecule has 2 aromatic rings. The Balaban J connectivity index is 0. The van der Waals surface area contributed by atoms with Gasteiger partial charge >= 0.3 is 10.4 Å². The Bertz CT molecular complexity index is 515. The molecular formula is C8H15ClN4O5S. The SMILES string of the molecule is Cc1nccn1C.Cl.O=S(=O)(O)O.On1ccnc1. The van der Waals surface area contributed by atoms with E-state index in [1.54, 1.807) is 6.20 Å². The number of halogens is 1. The van der Waals surface area contributed by atoms with E-state index < -0.39 is 10.4 Å². The fourth-order valence-corrected chi connectivity index (χ4v) is 0.692. The van der Waals surface area contributed by atoms with Crippen molar-refractivity contribution >= 4 is 22.8 Å². The Morgan fingerprint density at radius 2 is 1.74 bits per heavy atom. The molecule has 0 bridgehead atoms. The third-order valence-corrected chi connectivity index (χ3v) is 1.55. The molecular weight excluding hydrogens is 300 g/mol. The van der Waals surface area contributed by atoms with Gasteiger partial charge in [-0.3, -0.25) is 9.11 Å². The molecule has 11 heteroatoms. The van der Waals surface area contributed by atoms with Crippen LogP contribution < -0.4 is 0 Å². The van der Waals surface area contributed by atoms with Crippen molar-refractivity contribution < 1.29 is 22.7 Å². The van der Waals surface area contributed by atoms with Crippen LogP contribution in [0.5, 0.6) is 0 Å². The van der Waals surface area contributed by atoms with E-state index in [0.29, 0.717) is 0 Å². The van der Waals surface area contributed by atoms with Crippen LogP contribution in [0.4, 0.5) is 0 Å².